The molecule has 0 atom stereocenters. The quantitative estimate of drug-likeness (QED) is 0.906. The fourth-order valence-corrected chi connectivity index (χ4v) is 3.63. The van der Waals surface area contributed by atoms with Crippen LogP contribution >= 0.6 is 0 Å². The number of carboxylic acid groups (broad SMARTS) is 1. The number of hydrogen-bond acceptors (Lipinski definition) is 2. The molecule has 1 fully saturated rings. The summed E-state index contributed by atoms with van der Waals surface area (Å²) >= 11 is 0. The molecule has 1 aliphatic carbocycles. The fourth-order valence-electron chi connectivity index (χ4n) is 3.63. The van der Waals surface area contributed by atoms with Crippen molar-refractivity contribution in [2.75, 3.05) is 18.0 Å². The van der Waals surface area contributed by atoms with E-state index in [1.54, 1.807) is 0 Å². The number of para-hydroxylation sites is 1. The van der Waals surface area contributed by atoms with Crippen molar-refractivity contribution in [3.63, 3.8) is 0 Å². The molecule has 0 saturated heterocycles. The molecule has 1 saturated carbocycles. The maximum Gasteiger partial charge on any atom is 0.311 e. The van der Waals surface area contributed by atoms with Crippen molar-refractivity contribution in [3.05, 3.63) is 29.8 Å². The lowest BCUT2D eigenvalue weighted by Gasteiger charge is -2.37. The van der Waals surface area contributed by atoms with Gasteiger partial charge in [-0.15, -0.1) is 0 Å². The first-order valence-corrected chi connectivity index (χ1v) is 7.28. The van der Waals surface area contributed by atoms with Gasteiger partial charge in [-0.25, -0.2) is 0 Å². The van der Waals surface area contributed by atoms with Crippen LogP contribution in [-0.2, 0) is 11.2 Å². The topological polar surface area (TPSA) is 40.5 Å². The Morgan fingerprint density at radius 1 is 1.21 bits per heavy atom. The van der Waals surface area contributed by atoms with Crippen molar-refractivity contribution >= 4 is 11.7 Å². The van der Waals surface area contributed by atoms with Crippen LogP contribution in [0.4, 0.5) is 5.69 Å². The van der Waals surface area contributed by atoms with Gasteiger partial charge in [-0.3, -0.25) is 4.79 Å². The van der Waals surface area contributed by atoms with E-state index in [9.17, 15) is 9.90 Å². The van der Waals surface area contributed by atoms with E-state index in [-0.39, 0.29) is 0 Å². The minimum absolute atomic E-state index is 0.509. The molecule has 0 unspecified atom stereocenters. The van der Waals surface area contributed by atoms with Gasteiger partial charge in [-0.05, 0) is 37.3 Å². The summed E-state index contributed by atoms with van der Waals surface area (Å²) in [6, 6.07) is 8.44. The van der Waals surface area contributed by atoms with Crippen LogP contribution in [0.5, 0.6) is 0 Å². The summed E-state index contributed by atoms with van der Waals surface area (Å²) in [5.74, 6) is -0.604. The number of anilines is 1. The molecule has 1 heterocycles. The average Bonchev–Trinajstić information content (AvgIpc) is 2.89. The number of nitrogens with zero attached hydrogens (tertiary/aromatic N) is 1. The molecular formula is C16H21NO2. The fraction of sp³-hybridized carbons (Fsp3) is 0.562. The van der Waals surface area contributed by atoms with Crippen LogP contribution in [0.2, 0.25) is 0 Å². The SMILES string of the molecule is O=C(O)C1(CN2CCCc3ccccc32)CCCC1. The maximum atomic E-state index is 11.7. The zero-order valence-corrected chi connectivity index (χ0v) is 11.3. The molecule has 0 spiro atoms. The van der Waals surface area contributed by atoms with E-state index in [0.717, 1.165) is 45.1 Å². The largest absolute Gasteiger partial charge is 0.481 e. The average molecular weight is 259 g/mol. The molecule has 0 amide bonds. The lowest BCUT2D eigenvalue weighted by Crippen LogP contribution is -2.43. The summed E-state index contributed by atoms with van der Waals surface area (Å²) in [7, 11) is 0. The second-order valence-corrected chi connectivity index (χ2v) is 5.95. The third-order valence-corrected chi connectivity index (χ3v) is 4.71. The monoisotopic (exact) mass is 259 g/mol. The molecule has 3 heteroatoms. The molecular weight excluding hydrogens is 238 g/mol. The van der Waals surface area contributed by atoms with Crippen LogP contribution in [0.3, 0.4) is 0 Å². The number of aliphatic carboxylic acids is 1. The van der Waals surface area contributed by atoms with E-state index in [2.05, 4.69) is 29.2 Å². The number of rotatable bonds is 3. The van der Waals surface area contributed by atoms with E-state index in [1.807, 2.05) is 0 Å². The summed E-state index contributed by atoms with van der Waals surface area (Å²) < 4.78 is 0. The summed E-state index contributed by atoms with van der Waals surface area (Å²) in [6.07, 6.45) is 6.03. The van der Waals surface area contributed by atoms with Crippen LogP contribution in [0.25, 0.3) is 0 Å². The number of hydrogen-bond donors (Lipinski definition) is 1. The number of aryl methyl sites for hydroxylation is 1. The maximum absolute atomic E-state index is 11.7. The van der Waals surface area contributed by atoms with Crippen LogP contribution in [0.15, 0.2) is 24.3 Å². The van der Waals surface area contributed by atoms with Crippen LogP contribution in [-0.4, -0.2) is 24.2 Å². The van der Waals surface area contributed by atoms with Gasteiger partial charge in [0.05, 0.1) is 5.41 Å². The summed E-state index contributed by atoms with van der Waals surface area (Å²) in [5, 5.41) is 9.62. The minimum atomic E-state index is -0.604. The summed E-state index contributed by atoms with van der Waals surface area (Å²) in [6.45, 7) is 1.67. The van der Waals surface area contributed by atoms with Crippen LogP contribution < -0.4 is 4.90 Å². The van der Waals surface area contributed by atoms with Gasteiger partial charge in [-0.2, -0.15) is 0 Å². The number of carboxylic acids is 1. The predicted molar refractivity (Wildman–Crippen MR) is 75.5 cm³/mol. The van der Waals surface area contributed by atoms with E-state index in [4.69, 9.17) is 0 Å². The molecule has 3 nitrogen and oxygen atoms in total. The Morgan fingerprint density at radius 2 is 1.95 bits per heavy atom. The first-order valence-electron chi connectivity index (χ1n) is 7.28. The molecule has 3 rings (SSSR count). The van der Waals surface area contributed by atoms with Crippen molar-refractivity contribution in [3.8, 4) is 0 Å². The van der Waals surface area contributed by atoms with Gasteiger partial charge in [0.25, 0.3) is 0 Å². The van der Waals surface area contributed by atoms with Gasteiger partial charge < -0.3 is 10.0 Å². The molecule has 0 aromatic heterocycles. The number of carbonyl (C=O) groups is 1. The highest BCUT2D eigenvalue weighted by atomic mass is 16.4. The Bertz CT molecular complexity index is 477. The van der Waals surface area contributed by atoms with Gasteiger partial charge >= 0.3 is 5.97 Å². The Labute approximate surface area is 114 Å². The van der Waals surface area contributed by atoms with Gasteiger partial charge in [0.15, 0.2) is 0 Å². The molecule has 102 valence electrons. The van der Waals surface area contributed by atoms with E-state index >= 15 is 0 Å². The zero-order valence-electron chi connectivity index (χ0n) is 11.3. The molecule has 1 aromatic carbocycles. The van der Waals surface area contributed by atoms with Crippen molar-refractivity contribution in [2.24, 2.45) is 5.41 Å². The van der Waals surface area contributed by atoms with E-state index in [0.29, 0.717) is 6.54 Å². The van der Waals surface area contributed by atoms with Gasteiger partial charge in [-0.1, -0.05) is 31.0 Å². The molecule has 1 aliphatic heterocycles. The molecule has 19 heavy (non-hydrogen) atoms. The first-order chi connectivity index (χ1) is 9.21. The summed E-state index contributed by atoms with van der Waals surface area (Å²) in [5.41, 5.74) is 2.11. The zero-order chi connectivity index (χ0) is 13.3. The molecule has 0 radical (unpaired) electrons. The number of fused-ring (bicyclic) bond motifs is 1. The first kappa shape index (κ1) is 12.5. The Morgan fingerprint density at radius 3 is 2.68 bits per heavy atom. The molecule has 0 bridgehead atoms. The van der Waals surface area contributed by atoms with Gasteiger partial charge in [0.2, 0.25) is 0 Å². The van der Waals surface area contributed by atoms with E-state index < -0.39 is 11.4 Å². The Kier molecular flexibility index (Phi) is 3.21. The normalized spacial score (nSPS) is 21.2. The standard InChI is InChI=1S/C16H21NO2/c18-15(19)16(9-3-4-10-16)12-17-11-5-7-13-6-1-2-8-14(13)17/h1-2,6,8H,3-5,7,9-12H2,(H,18,19). The van der Waals surface area contributed by atoms with Gasteiger partial charge in [0.1, 0.15) is 0 Å². The smallest absolute Gasteiger partial charge is 0.311 e. The highest BCUT2D eigenvalue weighted by Crippen LogP contribution is 2.41. The predicted octanol–water partition coefficient (Wildman–Crippen LogP) is 3.08. The number of benzene rings is 1. The van der Waals surface area contributed by atoms with Crippen LogP contribution in [0, 0.1) is 5.41 Å². The van der Waals surface area contributed by atoms with Crippen molar-refractivity contribution in [2.45, 2.75) is 38.5 Å². The molecule has 1 aromatic rings. The lowest BCUT2D eigenvalue weighted by atomic mass is 9.84. The molecule has 2 aliphatic rings. The van der Waals surface area contributed by atoms with Crippen molar-refractivity contribution < 1.29 is 9.90 Å². The highest BCUT2D eigenvalue weighted by Gasteiger charge is 2.43. The van der Waals surface area contributed by atoms with Crippen molar-refractivity contribution in [1.82, 2.24) is 0 Å². The van der Waals surface area contributed by atoms with Crippen molar-refractivity contribution in [1.29, 1.82) is 0 Å². The Balaban J connectivity index is 1.86. The van der Waals surface area contributed by atoms with E-state index in [1.165, 1.54) is 11.3 Å². The third-order valence-electron chi connectivity index (χ3n) is 4.71. The minimum Gasteiger partial charge on any atom is -0.481 e. The van der Waals surface area contributed by atoms with Gasteiger partial charge in [0, 0.05) is 18.8 Å². The second-order valence-electron chi connectivity index (χ2n) is 5.95. The highest BCUT2D eigenvalue weighted by molar-refractivity contribution is 5.76. The Hall–Kier alpha value is -1.51. The van der Waals surface area contributed by atoms with Crippen LogP contribution in [0.1, 0.15) is 37.7 Å². The summed E-state index contributed by atoms with van der Waals surface area (Å²) in [4.78, 5) is 14.0. The molecule has 1 N–H and O–H groups in total. The third kappa shape index (κ3) is 2.22. The second kappa shape index (κ2) is 4.87. The lowest BCUT2D eigenvalue weighted by molar-refractivity contribution is -0.148.